The molecule has 7 heteroatoms. The number of piperidine rings is 1. The van der Waals surface area contributed by atoms with E-state index < -0.39 is 11.7 Å². The second-order valence-corrected chi connectivity index (χ2v) is 6.93. The Morgan fingerprint density at radius 2 is 1.50 bits per heavy atom. The highest BCUT2D eigenvalue weighted by Gasteiger charge is 2.21. The van der Waals surface area contributed by atoms with Gasteiger partial charge in [-0.1, -0.05) is 12.1 Å². The Morgan fingerprint density at radius 3 is 2.11 bits per heavy atom. The van der Waals surface area contributed by atoms with Crippen LogP contribution in [0.3, 0.4) is 0 Å². The second kappa shape index (κ2) is 9.41. The van der Waals surface area contributed by atoms with Crippen molar-refractivity contribution in [1.82, 2.24) is 15.5 Å². The van der Waals surface area contributed by atoms with Gasteiger partial charge in [0, 0.05) is 31.2 Å². The van der Waals surface area contributed by atoms with Gasteiger partial charge in [0.25, 0.3) is 5.91 Å². The zero-order valence-corrected chi connectivity index (χ0v) is 15.5. The molecule has 5 nitrogen and oxygen atoms in total. The van der Waals surface area contributed by atoms with Gasteiger partial charge in [0.1, 0.15) is 11.6 Å². The lowest BCUT2D eigenvalue weighted by atomic mass is 10.0. The van der Waals surface area contributed by atoms with Crippen molar-refractivity contribution >= 4 is 11.8 Å². The van der Waals surface area contributed by atoms with Crippen LogP contribution in [0, 0.1) is 11.6 Å². The van der Waals surface area contributed by atoms with E-state index in [1.165, 1.54) is 36.4 Å². The fourth-order valence-corrected chi connectivity index (χ4v) is 3.23. The van der Waals surface area contributed by atoms with E-state index in [1.54, 1.807) is 12.1 Å². The molecule has 3 rings (SSSR count). The average Bonchev–Trinajstić information content (AvgIpc) is 2.70. The average molecular weight is 387 g/mol. The van der Waals surface area contributed by atoms with Crippen LogP contribution in [-0.2, 0) is 11.3 Å². The van der Waals surface area contributed by atoms with Crippen molar-refractivity contribution < 1.29 is 18.4 Å². The predicted molar refractivity (Wildman–Crippen MR) is 102 cm³/mol. The van der Waals surface area contributed by atoms with E-state index in [0.717, 1.165) is 38.0 Å². The first-order valence-corrected chi connectivity index (χ1v) is 9.29. The Labute approximate surface area is 162 Å². The molecule has 2 aromatic carbocycles. The number of nitrogens with zero attached hydrogens (tertiary/aromatic N) is 1. The Balaban J connectivity index is 1.37. The van der Waals surface area contributed by atoms with E-state index in [0.29, 0.717) is 5.56 Å². The first kappa shape index (κ1) is 19.9. The normalized spacial score (nSPS) is 15.2. The number of benzene rings is 2. The number of carbonyl (C=O) groups excluding carboxylic acids is 2. The van der Waals surface area contributed by atoms with E-state index in [1.807, 2.05) is 0 Å². The maximum absolute atomic E-state index is 13.0. The molecule has 1 aliphatic heterocycles. The summed E-state index contributed by atoms with van der Waals surface area (Å²) in [6, 6.07) is 11.7. The highest BCUT2D eigenvalue weighted by Crippen LogP contribution is 2.14. The van der Waals surface area contributed by atoms with Crippen LogP contribution < -0.4 is 10.6 Å². The molecule has 0 aliphatic carbocycles. The molecule has 28 heavy (non-hydrogen) atoms. The number of nitrogens with one attached hydrogen (secondary N) is 2. The van der Waals surface area contributed by atoms with Crippen LogP contribution in [0.4, 0.5) is 8.78 Å². The number of rotatable bonds is 6. The maximum Gasteiger partial charge on any atom is 0.251 e. The lowest BCUT2D eigenvalue weighted by molar-refractivity contribution is -0.121. The summed E-state index contributed by atoms with van der Waals surface area (Å²) in [5.41, 5.74) is 1.37. The molecule has 1 heterocycles. The van der Waals surface area contributed by atoms with Gasteiger partial charge in [-0.3, -0.25) is 14.5 Å². The molecule has 2 amide bonds. The van der Waals surface area contributed by atoms with Crippen molar-refractivity contribution in [2.24, 2.45) is 0 Å². The van der Waals surface area contributed by atoms with Crippen molar-refractivity contribution in [1.29, 1.82) is 0 Å². The monoisotopic (exact) mass is 387 g/mol. The standard InChI is InChI=1S/C21H23F2N3O2/c22-17-5-1-15(2-6-17)14-26-11-9-19(10-12-26)25-20(27)13-24-21(28)16-3-7-18(23)8-4-16/h1-8,19H,9-14H2,(H,24,28)(H,25,27). The van der Waals surface area contributed by atoms with E-state index >= 15 is 0 Å². The lowest BCUT2D eigenvalue weighted by Gasteiger charge is -2.32. The Bertz CT molecular complexity index is 801. The van der Waals surface area contributed by atoms with Crippen LogP contribution in [-0.4, -0.2) is 42.4 Å². The molecule has 2 aromatic rings. The number of hydrogen-bond donors (Lipinski definition) is 2. The van der Waals surface area contributed by atoms with Gasteiger partial charge >= 0.3 is 0 Å². The van der Waals surface area contributed by atoms with E-state index in [9.17, 15) is 18.4 Å². The minimum absolute atomic E-state index is 0.0692. The van der Waals surface area contributed by atoms with Crippen molar-refractivity contribution in [2.45, 2.75) is 25.4 Å². The largest absolute Gasteiger partial charge is 0.352 e. The number of likely N-dealkylation sites (tertiary alicyclic amines) is 1. The first-order valence-electron chi connectivity index (χ1n) is 9.29. The quantitative estimate of drug-likeness (QED) is 0.801. The van der Waals surface area contributed by atoms with Crippen LogP contribution >= 0.6 is 0 Å². The summed E-state index contributed by atoms with van der Waals surface area (Å²) in [6.45, 7) is 2.31. The van der Waals surface area contributed by atoms with Crippen molar-refractivity contribution in [2.75, 3.05) is 19.6 Å². The van der Waals surface area contributed by atoms with Crippen molar-refractivity contribution in [3.05, 3.63) is 71.3 Å². The molecule has 0 aromatic heterocycles. The fourth-order valence-electron chi connectivity index (χ4n) is 3.23. The van der Waals surface area contributed by atoms with Crippen LogP contribution in [0.5, 0.6) is 0 Å². The van der Waals surface area contributed by atoms with Gasteiger partial charge in [0.05, 0.1) is 6.54 Å². The highest BCUT2D eigenvalue weighted by molar-refractivity contribution is 5.96. The summed E-state index contributed by atoms with van der Waals surface area (Å²) in [5.74, 6) is -1.31. The third-order valence-corrected chi connectivity index (χ3v) is 4.79. The third kappa shape index (κ3) is 5.85. The summed E-state index contributed by atoms with van der Waals surface area (Å²) in [7, 11) is 0. The van der Waals surface area contributed by atoms with E-state index in [4.69, 9.17) is 0 Å². The Hall–Kier alpha value is -2.80. The molecular formula is C21H23F2N3O2. The van der Waals surface area contributed by atoms with Crippen molar-refractivity contribution in [3.63, 3.8) is 0 Å². The van der Waals surface area contributed by atoms with Gasteiger partial charge in [-0.25, -0.2) is 8.78 Å². The van der Waals surface area contributed by atoms with Gasteiger partial charge < -0.3 is 10.6 Å². The molecule has 0 radical (unpaired) electrons. The fraction of sp³-hybridized carbons (Fsp3) is 0.333. The molecule has 0 saturated carbocycles. The topological polar surface area (TPSA) is 61.4 Å². The lowest BCUT2D eigenvalue weighted by Crippen LogP contribution is -2.47. The summed E-state index contributed by atoms with van der Waals surface area (Å²) < 4.78 is 25.8. The summed E-state index contributed by atoms with van der Waals surface area (Å²) in [6.07, 6.45) is 1.64. The molecule has 0 unspecified atom stereocenters. The summed E-state index contributed by atoms with van der Waals surface area (Å²) in [5, 5.41) is 5.48. The Kier molecular flexibility index (Phi) is 6.71. The van der Waals surface area contributed by atoms with Crippen molar-refractivity contribution in [3.8, 4) is 0 Å². The second-order valence-electron chi connectivity index (χ2n) is 6.93. The molecular weight excluding hydrogens is 364 g/mol. The van der Waals surface area contributed by atoms with Gasteiger partial charge in [-0.2, -0.15) is 0 Å². The molecule has 0 bridgehead atoms. The van der Waals surface area contributed by atoms with Crippen LogP contribution in [0.15, 0.2) is 48.5 Å². The Morgan fingerprint density at radius 1 is 0.929 bits per heavy atom. The highest BCUT2D eigenvalue weighted by atomic mass is 19.1. The third-order valence-electron chi connectivity index (χ3n) is 4.79. The number of amides is 2. The molecule has 2 N–H and O–H groups in total. The first-order chi connectivity index (χ1) is 13.5. The summed E-state index contributed by atoms with van der Waals surface area (Å²) in [4.78, 5) is 26.3. The number of carbonyl (C=O) groups is 2. The van der Waals surface area contributed by atoms with Gasteiger partial charge in [0.2, 0.25) is 5.91 Å². The summed E-state index contributed by atoms with van der Waals surface area (Å²) >= 11 is 0. The van der Waals surface area contributed by atoms with Crippen LogP contribution in [0.25, 0.3) is 0 Å². The van der Waals surface area contributed by atoms with E-state index in [2.05, 4.69) is 15.5 Å². The zero-order chi connectivity index (χ0) is 19.9. The molecule has 0 atom stereocenters. The zero-order valence-electron chi connectivity index (χ0n) is 15.5. The molecule has 1 fully saturated rings. The van der Waals surface area contributed by atoms with Crippen LogP contribution in [0.1, 0.15) is 28.8 Å². The number of halogens is 2. The van der Waals surface area contributed by atoms with Crippen LogP contribution in [0.2, 0.25) is 0 Å². The van der Waals surface area contributed by atoms with Gasteiger partial charge in [-0.15, -0.1) is 0 Å². The minimum atomic E-state index is -0.417. The molecule has 148 valence electrons. The SMILES string of the molecule is O=C(CNC(=O)c1ccc(F)cc1)NC1CCN(Cc2ccc(F)cc2)CC1. The molecule has 0 spiro atoms. The molecule has 1 aliphatic rings. The van der Waals surface area contributed by atoms with E-state index in [-0.39, 0.29) is 24.3 Å². The minimum Gasteiger partial charge on any atom is -0.352 e. The maximum atomic E-state index is 13.0. The van der Waals surface area contributed by atoms with Gasteiger partial charge in [-0.05, 0) is 54.8 Å². The predicted octanol–water partition coefficient (Wildman–Crippen LogP) is 2.48. The molecule has 1 saturated heterocycles. The van der Waals surface area contributed by atoms with Gasteiger partial charge in [0.15, 0.2) is 0 Å². The number of hydrogen-bond acceptors (Lipinski definition) is 3. The smallest absolute Gasteiger partial charge is 0.251 e.